The summed E-state index contributed by atoms with van der Waals surface area (Å²) in [5.41, 5.74) is 0.660. The van der Waals surface area contributed by atoms with Gasteiger partial charge in [-0.2, -0.15) is 5.10 Å². The van der Waals surface area contributed by atoms with Crippen LogP contribution in [0.5, 0.6) is 5.75 Å². The summed E-state index contributed by atoms with van der Waals surface area (Å²) in [5.74, 6) is 0.971. The quantitative estimate of drug-likeness (QED) is 0.781. The topological polar surface area (TPSA) is 44.1 Å². The summed E-state index contributed by atoms with van der Waals surface area (Å²) >= 11 is 0. The lowest BCUT2D eigenvalue weighted by Crippen LogP contribution is -2.21. The molecule has 0 aliphatic heterocycles. The predicted octanol–water partition coefficient (Wildman–Crippen LogP) is 4.02. The lowest BCUT2D eigenvalue weighted by Gasteiger charge is -2.20. The first kappa shape index (κ1) is 15.1. The molecule has 20 heavy (non-hydrogen) atoms. The Bertz CT molecular complexity index is 443. The number of ketones is 1. The standard InChI is InChI=1S/C16H26N2O2/c1-12(2)18-15(14(20-3)11-17-18)16(19)13-9-7-5-4-6-8-10-13/h11-13H,4-10H2,1-3H3. The second-order valence-corrected chi connectivity index (χ2v) is 6.01. The van der Waals surface area contributed by atoms with Crippen LogP contribution >= 0.6 is 0 Å². The molecule has 0 spiro atoms. The molecule has 0 radical (unpaired) electrons. The molecule has 1 aliphatic rings. The third kappa shape index (κ3) is 3.22. The predicted molar refractivity (Wildman–Crippen MR) is 79.3 cm³/mol. The van der Waals surface area contributed by atoms with Gasteiger partial charge in [0.15, 0.2) is 11.5 Å². The first-order valence-electron chi connectivity index (χ1n) is 7.81. The van der Waals surface area contributed by atoms with Crippen LogP contribution in [-0.4, -0.2) is 22.7 Å². The van der Waals surface area contributed by atoms with E-state index in [0.29, 0.717) is 11.4 Å². The van der Waals surface area contributed by atoms with E-state index in [1.165, 1.54) is 19.3 Å². The third-order valence-corrected chi connectivity index (χ3v) is 4.18. The molecule has 1 saturated carbocycles. The zero-order valence-corrected chi connectivity index (χ0v) is 12.9. The Morgan fingerprint density at radius 2 is 1.85 bits per heavy atom. The van der Waals surface area contributed by atoms with Gasteiger partial charge in [0.1, 0.15) is 5.69 Å². The van der Waals surface area contributed by atoms with Gasteiger partial charge in [0.25, 0.3) is 0 Å². The Labute approximate surface area is 121 Å². The Morgan fingerprint density at radius 1 is 1.25 bits per heavy atom. The van der Waals surface area contributed by atoms with Crippen LogP contribution in [0.15, 0.2) is 6.20 Å². The van der Waals surface area contributed by atoms with E-state index in [-0.39, 0.29) is 17.7 Å². The van der Waals surface area contributed by atoms with Gasteiger partial charge < -0.3 is 4.74 Å². The number of hydrogen-bond acceptors (Lipinski definition) is 3. The molecule has 1 fully saturated rings. The first-order chi connectivity index (χ1) is 9.65. The number of nitrogens with zero attached hydrogens (tertiary/aromatic N) is 2. The smallest absolute Gasteiger partial charge is 0.187 e. The molecule has 1 aromatic heterocycles. The van der Waals surface area contributed by atoms with Crippen molar-refractivity contribution >= 4 is 5.78 Å². The maximum absolute atomic E-state index is 12.9. The van der Waals surface area contributed by atoms with Crippen molar-refractivity contribution in [3.63, 3.8) is 0 Å². The molecule has 0 amide bonds. The van der Waals surface area contributed by atoms with Crippen LogP contribution in [0, 0.1) is 5.92 Å². The van der Waals surface area contributed by atoms with Crippen LogP contribution in [0.3, 0.4) is 0 Å². The fourth-order valence-electron chi connectivity index (χ4n) is 3.03. The maximum Gasteiger partial charge on any atom is 0.187 e. The van der Waals surface area contributed by atoms with Crippen LogP contribution in [0.1, 0.15) is 75.3 Å². The molecule has 112 valence electrons. The average molecular weight is 278 g/mol. The molecule has 0 saturated heterocycles. The number of ether oxygens (including phenoxy) is 1. The van der Waals surface area contributed by atoms with Gasteiger partial charge in [-0.05, 0) is 26.7 Å². The molecule has 4 nitrogen and oxygen atoms in total. The van der Waals surface area contributed by atoms with Gasteiger partial charge in [-0.15, -0.1) is 0 Å². The Morgan fingerprint density at radius 3 is 2.40 bits per heavy atom. The van der Waals surface area contributed by atoms with Crippen LogP contribution in [-0.2, 0) is 0 Å². The second kappa shape index (κ2) is 6.91. The molecule has 0 N–H and O–H groups in total. The van der Waals surface area contributed by atoms with E-state index in [4.69, 9.17) is 4.74 Å². The molecule has 0 atom stereocenters. The van der Waals surface area contributed by atoms with Gasteiger partial charge >= 0.3 is 0 Å². The number of rotatable bonds is 4. The zero-order chi connectivity index (χ0) is 14.5. The van der Waals surface area contributed by atoms with Crippen molar-refractivity contribution in [2.24, 2.45) is 5.92 Å². The molecule has 4 heteroatoms. The van der Waals surface area contributed by atoms with Crippen molar-refractivity contribution in [3.05, 3.63) is 11.9 Å². The molecule has 1 aliphatic carbocycles. The minimum absolute atomic E-state index is 0.137. The minimum atomic E-state index is 0.137. The molecule has 1 heterocycles. The van der Waals surface area contributed by atoms with Gasteiger partial charge in [-0.3, -0.25) is 9.48 Å². The normalized spacial score (nSPS) is 17.8. The van der Waals surface area contributed by atoms with Gasteiger partial charge in [0.05, 0.1) is 13.3 Å². The molecule has 0 aromatic carbocycles. The lowest BCUT2D eigenvalue weighted by molar-refractivity contribution is 0.0882. The minimum Gasteiger partial charge on any atom is -0.493 e. The molecule has 1 aromatic rings. The Kier molecular flexibility index (Phi) is 5.21. The van der Waals surface area contributed by atoms with Crippen LogP contribution < -0.4 is 4.74 Å². The van der Waals surface area contributed by atoms with E-state index in [1.54, 1.807) is 18.0 Å². The molecule has 2 rings (SSSR count). The van der Waals surface area contributed by atoms with Crippen molar-refractivity contribution in [3.8, 4) is 5.75 Å². The number of aromatic nitrogens is 2. The van der Waals surface area contributed by atoms with Gasteiger partial charge in [-0.1, -0.05) is 32.1 Å². The summed E-state index contributed by atoms with van der Waals surface area (Å²) in [6.07, 6.45) is 9.82. The monoisotopic (exact) mass is 278 g/mol. The summed E-state index contributed by atoms with van der Waals surface area (Å²) in [7, 11) is 1.61. The highest BCUT2D eigenvalue weighted by Gasteiger charge is 2.28. The van der Waals surface area contributed by atoms with Gasteiger partial charge in [-0.25, -0.2) is 0 Å². The number of hydrogen-bond donors (Lipinski definition) is 0. The number of Topliss-reactive ketones (excluding diaryl/α,β-unsaturated/α-hetero) is 1. The Hall–Kier alpha value is -1.32. The molecular weight excluding hydrogens is 252 g/mol. The van der Waals surface area contributed by atoms with Crippen molar-refractivity contribution in [1.82, 2.24) is 9.78 Å². The highest BCUT2D eigenvalue weighted by atomic mass is 16.5. The summed E-state index contributed by atoms with van der Waals surface area (Å²) in [5, 5.41) is 4.32. The van der Waals surface area contributed by atoms with Crippen molar-refractivity contribution in [1.29, 1.82) is 0 Å². The SMILES string of the molecule is COc1cnn(C(C)C)c1C(=O)C1CCCCCCC1. The largest absolute Gasteiger partial charge is 0.493 e. The summed E-state index contributed by atoms with van der Waals surface area (Å²) in [4.78, 5) is 12.9. The van der Waals surface area contributed by atoms with Gasteiger partial charge in [0, 0.05) is 12.0 Å². The fourth-order valence-corrected chi connectivity index (χ4v) is 3.03. The van der Waals surface area contributed by atoms with Crippen LogP contribution in [0.4, 0.5) is 0 Å². The number of carbonyl (C=O) groups excluding carboxylic acids is 1. The van der Waals surface area contributed by atoms with Crippen molar-refractivity contribution in [2.75, 3.05) is 7.11 Å². The molecule has 0 bridgehead atoms. The zero-order valence-electron chi connectivity index (χ0n) is 12.9. The van der Waals surface area contributed by atoms with Crippen molar-refractivity contribution in [2.45, 2.75) is 64.8 Å². The van der Waals surface area contributed by atoms with Crippen LogP contribution in [0.25, 0.3) is 0 Å². The molecular formula is C16H26N2O2. The molecule has 0 unspecified atom stereocenters. The average Bonchev–Trinajstić information content (AvgIpc) is 2.81. The summed E-state index contributed by atoms with van der Waals surface area (Å²) in [6.45, 7) is 4.09. The summed E-state index contributed by atoms with van der Waals surface area (Å²) in [6, 6.07) is 0.173. The van der Waals surface area contributed by atoms with Gasteiger partial charge in [0.2, 0.25) is 0 Å². The van der Waals surface area contributed by atoms with Crippen molar-refractivity contribution < 1.29 is 9.53 Å². The van der Waals surface area contributed by atoms with E-state index in [1.807, 2.05) is 13.8 Å². The summed E-state index contributed by atoms with van der Waals surface area (Å²) < 4.78 is 7.15. The Balaban J connectivity index is 2.24. The van der Waals surface area contributed by atoms with E-state index >= 15 is 0 Å². The van der Waals surface area contributed by atoms with Crippen LogP contribution in [0.2, 0.25) is 0 Å². The van der Waals surface area contributed by atoms with E-state index < -0.39 is 0 Å². The first-order valence-corrected chi connectivity index (χ1v) is 7.81. The lowest BCUT2D eigenvalue weighted by atomic mass is 9.87. The highest BCUT2D eigenvalue weighted by Crippen LogP contribution is 2.30. The van der Waals surface area contributed by atoms with E-state index in [9.17, 15) is 4.79 Å². The van der Waals surface area contributed by atoms with E-state index in [2.05, 4.69) is 5.10 Å². The second-order valence-electron chi connectivity index (χ2n) is 6.01. The maximum atomic E-state index is 12.9. The highest BCUT2D eigenvalue weighted by molar-refractivity contribution is 5.98. The number of methoxy groups -OCH3 is 1. The third-order valence-electron chi connectivity index (χ3n) is 4.18. The number of carbonyl (C=O) groups is 1. The van der Waals surface area contributed by atoms with E-state index in [0.717, 1.165) is 25.7 Å². The fraction of sp³-hybridized carbons (Fsp3) is 0.750.